The fourth-order valence-electron chi connectivity index (χ4n) is 6.80. The van der Waals surface area contributed by atoms with Gasteiger partial charge in [0.05, 0.1) is 0 Å². The van der Waals surface area contributed by atoms with Gasteiger partial charge in [-0.1, -0.05) is 149 Å². The lowest BCUT2D eigenvalue weighted by molar-refractivity contribution is -0.660. The maximum Gasteiger partial charge on any atom is 0.240 e. The number of fused-ring (bicyclic) bond motifs is 2. The van der Waals surface area contributed by atoms with E-state index >= 15 is 0 Å². The topological polar surface area (TPSA) is 3.88 Å². The van der Waals surface area contributed by atoms with Crippen molar-refractivity contribution in [2.24, 2.45) is 12.5 Å². The molecule has 0 aliphatic carbocycles. The van der Waals surface area contributed by atoms with E-state index in [-0.39, 0.29) is 22.2 Å². The molecule has 0 unspecified atom stereocenters. The molecule has 0 saturated heterocycles. The Labute approximate surface area is 275 Å². The number of aromatic nitrogens is 1. The minimum absolute atomic E-state index is 0.0625. The van der Waals surface area contributed by atoms with Gasteiger partial charge in [-0.15, -0.1) is 0 Å². The van der Waals surface area contributed by atoms with Crippen LogP contribution in [0.5, 0.6) is 0 Å². The van der Waals surface area contributed by atoms with Gasteiger partial charge in [-0.25, -0.2) is 4.57 Å². The monoisotopic (exact) mass is 571 g/mol. The van der Waals surface area contributed by atoms with E-state index in [4.69, 9.17) is 15.1 Å². The van der Waals surface area contributed by atoms with Crippen molar-refractivity contribution in [1.82, 2.24) is 0 Å². The van der Waals surface area contributed by atoms with Crippen molar-refractivity contribution in [2.75, 3.05) is 0 Å². The number of aryl methyl sites for hydroxylation is 6. The zero-order valence-corrected chi connectivity index (χ0v) is 25.8. The van der Waals surface area contributed by atoms with Crippen molar-refractivity contribution in [2.45, 2.75) is 61.5 Å². The Morgan fingerprint density at radius 3 is 1.74 bits per heavy atom. The van der Waals surface area contributed by atoms with E-state index in [9.17, 15) is 0 Å². The Kier molecular flexibility index (Phi) is 4.80. The SMILES string of the molecule is [2H]C([2H])([2H])c1cccc(C)c1B1c2ccccc2B(c2c(C([2H])([2H])[2H])cccc2C([2H])([2H])[2H])c2cc(-c3cc(C([2H])([2H])C(C)(C)C)cc[n+]3C)c(C)cc21. The molecule has 1 aromatic heterocycles. The van der Waals surface area contributed by atoms with Gasteiger partial charge >= 0.3 is 0 Å². The molecular formula is C40H44B2N+. The third-order valence-corrected chi connectivity index (χ3v) is 8.62. The summed E-state index contributed by atoms with van der Waals surface area (Å²) in [7, 11) is 1.88. The van der Waals surface area contributed by atoms with Crippen LogP contribution >= 0.6 is 0 Å². The zero-order valence-electron chi connectivity index (χ0n) is 36.8. The minimum Gasteiger partial charge on any atom is -0.201 e. The average molecular weight is 571 g/mol. The highest BCUT2D eigenvalue weighted by molar-refractivity contribution is 7.11. The van der Waals surface area contributed by atoms with Crippen LogP contribution in [0.2, 0.25) is 0 Å². The van der Waals surface area contributed by atoms with Crippen molar-refractivity contribution in [1.29, 1.82) is 0 Å². The van der Waals surface area contributed by atoms with Crippen LogP contribution in [0, 0.1) is 39.8 Å². The van der Waals surface area contributed by atoms with E-state index in [1.165, 1.54) is 18.2 Å². The third-order valence-electron chi connectivity index (χ3n) is 8.62. The van der Waals surface area contributed by atoms with Crippen LogP contribution in [0.4, 0.5) is 0 Å². The van der Waals surface area contributed by atoms with Gasteiger partial charge in [-0.3, -0.25) is 0 Å². The maximum atomic E-state index is 9.06. The summed E-state index contributed by atoms with van der Waals surface area (Å²) in [5.74, 6) is 0. The standard InChI is InChI=1S/C40H44B2N/c1-26-14-12-15-27(2)38(26)41-33-18-10-11-19-34(33)42(39-28(3)16-13-17-29(39)4)36-24-32(30(5)22-35(36)41)37-23-31(20-21-43(37)9)25-40(6,7)8/h10-24H,25H2,1-9H3/q+1/i1D3,3D3,4D3,25D2. The Balaban J connectivity index is 1.79. The molecule has 0 N–H and O–H groups in total. The molecule has 6 rings (SSSR count). The van der Waals surface area contributed by atoms with E-state index in [0.29, 0.717) is 27.6 Å². The highest BCUT2D eigenvalue weighted by Crippen LogP contribution is 2.25. The van der Waals surface area contributed by atoms with Crippen LogP contribution in [0.3, 0.4) is 0 Å². The largest absolute Gasteiger partial charge is 0.240 e. The van der Waals surface area contributed by atoms with Crippen molar-refractivity contribution < 1.29 is 19.6 Å². The predicted octanol–water partition coefficient (Wildman–Crippen LogP) is 4.65. The van der Waals surface area contributed by atoms with Crippen LogP contribution in [-0.4, -0.2) is 13.4 Å². The van der Waals surface area contributed by atoms with Crippen molar-refractivity contribution >= 4 is 46.2 Å². The number of hydrogen-bond donors (Lipinski definition) is 0. The van der Waals surface area contributed by atoms with Crippen LogP contribution in [0.25, 0.3) is 11.3 Å². The summed E-state index contributed by atoms with van der Waals surface area (Å²) in [4.78, 5) is 0. The first-order valence-electron chi connectivity index (χ1n) is 20.3. The minimum atomic E-state index is -2.65. The number of rotatable bonds is 4. The quantitative estimate of drug-likeness (QED) is 0.214. The number of benzene rings is 4. The Morgan fingerprint density at radius 1 is 0.651 bits per heavy atom. The van der Waals surface area contributed by atoms with E-state index in [0.717, 1.165) is 27.6 Å². The van der Waals surface area contributed by atoms with E-state index < -0.39 is 45.8 Å². The van der Waals surface area contributed by atoms with Gasteiger partial charge in [0, 0.05) is 32.8 Å². The van der Waals surface area contributed by atoms with E-state index in [1.54, 1.807) is 18.2 Å². The van der Waals surface area contributed by atoms with Gasteiger partial charge in [0.2, 0.25) is 19.1 Å². The average Bonchev–Trinajstić information content (AvgIpc) is 3.05. The smallest absolute Gasteiger partial charge is 0.201 e. The Bertz CT molecular complexity index is 2230. The molecule has 1 aliphatic rings. The third kappa shape index (κ3) is 5.29. The summed E-state index contributed by atoms with van der Waals surface area (Å²) in [5, 5.41) is 0. The van der Waals surface area contributed by atoms with Crippen LogP contribution in [0.1, 0.15) is 69.2 Å². The van der Waals surface area contributed by atoms with E-state index in [2.05, 4.69) is 0 Å². The summed E-state index contributed by atoms with van der Waals surface area (Å²) in [6, 6.07) is 24.9. The van der Waals surface area contributed by atoms with Crippen LogP contribution in [-0.2, 0) is 13.4 Å². The van der Waals surface area contributed by atoms with Crippen molar-refractivity contribution in [3.8, 4) is 11.3 Å². The molecular weight excluding hydrogens is 516 g/mol. The summed E-state index contributed by atoms with van der Waals surface area (Å²) >= 11 is 0. The fourth-order valence-corrected chi connectivity index (χ4v) is 6.80. The van der Waals surface area contributed by atoms with Crippen LogP contribution < -0.4 is 37.3 Å². The lowest BCUT2D eigenvalue weighted by Gasteiger charge is -2.35. The summed E-state index contributed by atoms with van der Waals surface area (Å²) in [6.45, 7) is 0.245. The molecule has 0 spiro atoms. The first-order valence-corrected chi connectivity index (χ1v) is 14.8. The molecule has 1 nitrogen and oxygen atoms in total. The highest BCUT2D eigenvalue weighted by atomic mass is 14.9. The molecule has 214 valence electrons. The lowest BCUT2D eigenvalue weighted by Crippen LogP contribution is -2.76. The lowest BCUT2D eigenvalue weighted by atomic mass is 9.20. The number of pyridine rings is 1. The molecule has 0 radical (unpaired) electrons. The second-order valence-corrected chi connectivity index (χ2v) is 12.9. The van der Waals surface area contributed by atoms with Crippen molar-refractivity contribution in [3.63, 3.8) is 0 Å². The number of hydrogen-bond acceptors (Lipinski definition) is 0. The number of nitrogens with zero attached hydrogens (tertiary/aromatic N) is 1. The summed E-state index contributed by atoms with van der Waals surface area (Å²) < 4.78 is 97.5. The predicted molar refractivity (Wildman–Crippen MR) is 189 cm³/mol. The molecule has 0 saturated carbocycles. The second kappa shape index (κ2) is 11.0. The van der Waals surface area contributed by atoms with E-state index in [1.807, 2.05) is 101 Å². The fraction of sp³-hybridized carbons (Fsp3) is 0.275. The molecule has 0 amide bonds. The molecule has 0 fully saturated rings. The van der Waals surface area contributed by atoms with Gasteiger partial charge in [0.15, 0.2) is 6.20 Å². The van der Waals surface area contributed by atoms with Crippen LogP contribution in [0.15, 0.2) is 91.1 Å². The molecule has 2 heterocycles. The Morgan fingerprint density at radius 2 is 1.19 bits per heavy atom. The normalized spacial score (nSPS) is 17.8. The Hall–Kier alpha value is -3.84. The molecule has 0 atom stereocenters. The molecule has 4 aromatic carbocycles. The second-order valence-electron chi connectivity index (χ2n) is 12.9. The van der Waals surface area contributed by atoms with Gasteiger partial charge in [0.25, 0.3) is 0 Å². The molecule has 43 heavy (non-hydrogen) atoms. The first kappa shape index (κ1) is 18.7. The maximum absolute atomic E-state index is 9.06. The summed E-state index contributed by atoms with van der Waals surface area (Å²) in [5.41, 5.74) is 6.64. The zero-order chi connectivity index (χ0) is 39.9. The van der Waals surface area contributed by atoms with Gasteiger partial charge in [0.1, 0.15) is 7.05 Å². The van der Waals surface area contributed by atoms with Gasteiger partial charge < -0.3 is 0 Å². The van der Waals surface area contributed by atoms with Gasteiger partial charge in [-0.05, 0) is 57.3 Å². The first-order chi connectivity index (χ1) is 24.9. The summed E-state index contributed by atoms with van der Waals surface area (Å²) in [6.07, 6.45) is 0.143. The molecule has 3 heteroatoms. The molecule has 0 bridgehead atoms. The molecule has 1 aliphatic heterocycles. The van der Waals surface area contributed by atoms with Gasteiger partial charge in [-0.2, -0.15) is 0 Å². The highest BCUT2D eigenvalue weighted by Gasteiger charge is 2.41. The molecule has 5 aromatic rings. The van der Waals surface area contributed by atoms with Crippen molar-refractivity contribution in [3.05, 3.63) is 125 Å².